The summed E-state index contributed by atoms with van der Waals surface area (Å²) in [6.45, 7) is 0. The number of alkyl halides is 2. The third-order valence-corrected chi connectivity index (χ3v) is 6.19. The van der Waals surface area contributed by atoms with Crippen LogP contribution in [0, 0.1) is 5.82 Å². The van der Waals surface area contributed by atoms with Crippen LogP contribution >= 0.6 is 0 Å². The zero-order valence-electron chi connectivity index (χ0n) is 12.1. The molecule has 0 radical (unpaired) electrons. The van der Waals surface area contributed by atoms with Gasteiger partial charge in [-0.15, -0.1) is 0 Å². The second kappa shape index (κ2) is 5.33. The lowest BCUT2D eigenvalue weighted by Crippen LogP contribution is -2.42. The summed E-state index contributed by atoms with van der Waals surface area (Å²) in [6.07, 6.45) is -0.378. The van der Waals surface area contributed by atoms with Gasteiger partial charge in [0.1, 0.15) is 10.6 Å². The number of sulfone groups is 1. The van der Waals surface area contributed by atoms with E-state index < -0.39 is 32.4 Å². The van der Waals surface area contributed by atoms with Crippen LogP contribution in [0.2, 0.25) is 0 Å². The third-order valence-electron chi connectivity index (χ3n) is 4.18. The first-order valence-electron chi connectivity index (χ1n) is 6.86. The summed E-state index contributed by atoms with van der Waals surface area (Å²) >= 11 is 0. The van der Waals surface area contributed by atoms with Gasteiger partial charge in [-0.05, 0) is 37.5 Å². The Labute approximate surface area is 130 Å². The molecular weight excluding hydrogens is 333 g/mol. The first kappa shape index (κ1) is 16.0. The largest absolute Gasteiger partial charge is 0.334 e. The second-order valence-electron chi connectivity index (χ2n) is 5.58. The van der Waals surface area contributed by atoms with Crippen LogP contribution in [-0.4, -0.2) is 24.8 Å². The van der Waals surface area contributed by atoms with Crippen molar-refractivity contribution >= 4 is 9.84 Å². The molecule has 2 aromatic rings. The number of hydrogen-bond donors (Lipinski definition) is 0. The van der Waals surface area contributed by atoms with Gasteiger partial charge in [0.25, 0.3) is 12.3 Å². The van der Waals surface area contributed by atoms with Crippen LogP contribution < -0.4 is 0 Å². The van der Waals surface area contributed by atoms with Crippen molar-refractivity contribution in [3.63, 3.8) is 0 Å². The van der Waals surface area contributed by atoms with E-state index in [9.17, 15) is 21.6 Å². The summed E-state index contributed by atoms with van der Waals surface area (Å²) in [7, 11) is -3.44. The maximum absolute atomic E-state index is 13.3. The molecule has 0 unspecified atom stereocenters. The Bertz CT molecular complexity index is 845. The Morgan fingerprint density at radius 1 is 1.30 bits per heavy atom. The summed E-state index contributed by atoms with van der Waals surface area (Å²) in [4.78, 5) is 4.05. The van der Waals surface area contributed by atoms with Gasteiger partial charge in [-0.2, -0.15) is 4.98 Å². The van der Waals surface area contributed by atoms with Crippen LogP contribution in [0.4, 0.5) is 13.2 Å². The molecule has 1 aliphatic rings. The molecule has 23 heavy (non-hydrogen) atoms. The lowest BCUT2D eigenvalue weighted by atomic mass is 9.83. The van der Waals surface area contributed by atoms with Gasteiger partial charge in [0.05, 0.1) is 5.56 Å². The van der Waals surface area contributed by atoms with Crippen LogP contribution in [0.1, 0.15) is 37.1 Å². The van der Waals surface area contributed by atoms with Gasteiger partial charge in [0.15, 0.2) is 15.7 Å². The standard InChI is InChI=1S/C14H13F3N2O3S/c1-23(20,21)14(5-2-6-14)13-18-12(22-19-13)8-3-4-10(15)9(7-8)11(16)17/h3-4,7,11H,2,5-6H2,1H3. The van der Waals surface area contributed by atoms with Gasteiger partial charge in [-0.3, -0.25) is 0 Å². The average Bonchev–Trinajstić information content (AvgIpc) is 2.85. The minimum absolute atomic E-state index is 0.0178. The minimum atomic E-state index is -3.44. The predicted octanol–water partition coefficient (Wildman–Crippen LogP) is 3.24. The Morgan fingerprint density at radius 2 is 2.00 bits per heavy atom. The molecule has 9 heteroatoms. The third kappa shape index (κ3) is 2.52. The van der Waals surface area contributed by atoms with Crippen molar-refractivity contribution in [2.45, 2.75) is 30.4 Å². The van der Waals surface area contributed by atoms with Crippen molar-refractivity contribution in [2.24, 2.45) is 0 Å². The lowest BCUT2D eigenvalue weighted by molar-refractivity contribution is 0.146. The first-order valence-corrected chi connectivity index (χ1v) is 8.75. The smallest absolute Gasteiger partial charge is 0.266 e. The molecule has 0 saturated heterocycles. The molecule has 0 spiro atoms. The summed E-state index contributed by atoms with van der Waals surface area (Å²) in [5.74, 6) is -1.13. The Balaban J connectivity index is 2.02. The van der Waals surface area contributed by atoms with Gasteiger partial charge in [0, 0.05) is 11.8 Å². The summed E-state index contributed by atoms with van der Waals surface area (Å²) in [5, 5.41) is 3.70. The van der Waals surface area contributed by atoms with Crippen molar-refractivity contribution in [3.05, 3.63) is 35.4 Å². The van der Waals surface area contributed by atoms with E-state index in [1.54, 1.807) is 0 Å². The predicted molar refractivity (Wildman–Crippen MR) is 75.0 cm³/mol. The van der Waals surface area contributed by atoms with Gasteiger partial charge >= 0.3 is 0 Å². The van der Waals surface area contributed by atoms with Gasteiger partial charge < -0.3 is 4.52 Å². The van der Waals surface area contributed by atoms with E-state index in [1.807, 2.05) is 0 Å². The molecular formula is C14H13F3N2O3S. The van der Waals surface area contributed by atoms with E-state index >= 15 is 0 Å². The lowest BCUT2D eigenvalue weighted by Gasteiger charge is -2.36. The molecule has 0 atom stereocenters. The second-order valence-corrected chi connectivity index (χ2v) is 7.91. The number of halogens is 3. The van der Waals surface area contributed by atoms with Gasteiger partial charge in [-0.25, -0.2) is 21.6 Å². The maximum atomic E-state index is 13.3. The monoisotopic (exact) mass is 346 g/mol. The molecule has 0 N–H and O–H groups in total. The Morgan fingerprint density at radius 3 is 2.52 bits per heavy atom. The summed E-state index contributed by atoms with van der Waals surface area (Å²) in [5.41, 5.74) is -0.660. The normalized spacial score (nSPS) is 17.3. The van der Waals surface area contributed by atoms with E-state index in [0.29, 0.717) is 12.8 Å². The average molecular weight is 346 g/mol. The highest BCUT2D eigenvalue weighted by atomic mass is 32.2. The number of nitrogens with zero attached hydrogens (tertiary/aromatic N) is 2. The molecule has 1 fully saturated rings. The quantitative estimate of drug-likeness (QED) is 0.850. The number of hydrogen-bond acceptors (Lipinski definition) is 5. The number of benzene rings is 1. The molecule has 0 amide bonds. The van der Waals surface area contributed by atoms with Crippen molar-refractivity contribution in [3.8, 4) is 11.5 Å². The highest BCUT2D eigenvalue weighted by Crippen LogP contribution is 2.46. The van der Waals surface area contributed by atoms with Crippen LogP contribution in [-0.2, 0) is 14.6 Å². The van der Waals surface area contributed by atoms with Crippen molar-refractivity contribution in [1.82, 2.24) is 10.1 Å². The fourth-order valence-electron chi connectivity index (χ4n) is 2.63. The molecule has 1 aromatic heterocycles. The Kier molecular flexibility index (Phi) is 3.70. The molecule has 5 nitrogen and oxygen atoms in total. The van der Waals surface area contributed by atoms with E-state index in [0.717, 1.165) is 24.8 Å². The highest BCUT2D eigenvalue weighted by Gasteiger charge is 2.51. The molecule has 0 aliphatic heterocycles. The SMILES string of the molecule is CS(=O)(=O)C1(c2noc(-c3ccc(F)c(C(F)F)c3)n2)CCC1. The topological polar surface area (TPSA) is 73.1 Å². The number of aromatic nitrogens is 2. The van der Waals surface area contributed by atoms with Gasteiger partial charge in [-0.1, -0.05) is 5.16 Å². The zero-order chi connectivity index (χ0) is 16.8. The minimum Gasteiger partial charge on any atom is -0.334 e. The van der Waals surface area contributed by atoms with Gasteiger partial charge in [0.2, 0.25) is 0 Å². The van der Waals surface area contributed by atoms with Crippen LogP contribution in [0.3, 0.4) is 0 Å². The molecule has 1 saturated carbocycles. The molecule has 3 rings (SSSR count). The molecule has 1 heterocycles. The van der Waals surface area contributed by atoms with Crippen molar-refractivity contribution in [1.29, 1.82) is 0 Å². The van der Waals surface area contributed by atoms with E-state index in [2.05, 4.69) is 10.1 Å². The molecule has 0 bridgehead atoms. The van der Waals surface area contributed by atoms with Crippen LogP contribution in [0.25, 0.3) is 11.5 Å². The van der Waals surface area contributed by atoms with Crippen LogP contribution in [0.5, 0.6) is 0 Å². The highest BCUT2D eigenvalue weighted by molar-refractivity contribution is 7.91. The maximum Gasteiger partial charge on any atom is 0.266 e. The van der Waals surface area contributed by atoms with Crippen molar-refractivity contribution in [2.75, 3.05) is 6.26 Å². The van der Waals surface area contributed by atoms with E-state index in [4.69, 9.17) is 4.52 Å². The zero-order valence-corrected chi connectivity index (χ0v) is 12.9. The summed E-state index contributed by atoms with van der Waals surface area (Å²) < 4.78 is 66.7. The van der Waals surface area contributed by atoms with Crippen molar-refractivity contribution < 1.29 is 26.1 Å². The molecule has 124 valence electrons. The van der Waals surface area contributed by atoms with Crippen LogP contribution in [0.15, 0.2) is 22.7 Å². The molecule has 1 aromatic carbocycles. The number of rotatable bonds is 4. The first-order chi connectivity index (χ1) is 10.7. The van der Waals surface area contributed by atoms with E-state index in [-0.39, 0.29) is 17.3 Å². The summed E-state index contributed by atoms with van der Waals surface area (Å²) in [6, 6.07) is 3.04. The molecule has 1 aliphatic carbocycles. The van der Waals surface area contributed by atoms with E-state index in [1.165, 1.54) is 6.07 Å². The fraction of sp³-hybridized carbons (Fsp3) is 0.429. The fourth-order valence-corrected chi connectivity index (χ4v) is 4.07. The Hall–Kier alpha value is -1.90.